The second kappa shape index (κ2) is 8.11. The summed E-state index contributed by atoms with van der Waals surface area (Å²) in [6, 6.07) is 0. The Labute approximate surface area is 109 Å². The molecule has 104 valence electrons. The summed E-state index contributed by atoms with van der Waals surface area (Å²) in [5, 5.41) is 11.4. The lowest BCUT2D eigenvalue weighted by Gasteiger charge is -2.21. The van der Waals surface area contributed by atoms with Crippen LogP contribution in [0.2, 0.25) is 0 Å². The standard InChI is InChI=1S/C14H25NO3/c1-11(14(17)18)10-15-13(16)9-5-8-12-6-3-2-4-7-12/h11-12H,2-10H2,1H3,(H,15,16)(H,17,18). The topological polar surface area (TPSA) is 66.4 Å². The predicted molar refractivity (Wildman–Crippen MR) is 70.2 cm³/mol. The molecule has 18 heavy (non-hydrogen) atoms. The van der Waals surface area contributed by atoms with Crippen LogP contribution in [0.5, 0.6) is 0 Å². The highest BCUT2D eigenvalue weighted by atomic mass is 16.4. The third-order valence-corrected chi connectivity index (χ3v) is 3.77. The van der Waals surface area contributed by atoms with Crippen molar-refractivity contribution >= 4 is 11.9 Å². The maximum atomic E-state index is 11.5. The summed E-state index contributed by atoms with van der Waals surface area (Å²) in [7, 11) is 0. The summed E-state index contributed by atoms with van der Waals surface area (Å²) in [5.74, 6) is -0.576. The monoisotopic (exact) mass is 255 g/mol. The van der Waals surface area contributed by atoms with Gasteiger partial charge in [-0.3, -0.25) is 9.59 Å². The van der Waals surface area contributed by atoms with E-state index in [-0.39, 0.29) is 12.5 Å². The van der Waals surface area contributed by atoms with Gasteiger partial charge in [-0.05, 0) is 18.8 Å². The number of hydrogen-bond donors (Lipinski definition) is 2. The molecule has 4 heteroatoms. The van der Waals surface area contributed by atoms with Crippen LogP contribution in [0.3, 0.4) is 0 Å². The van der Waals surface area contributed by atoms with E-state index in [0.717, 1.165) is 18.8 Å². The van der Waals surface area contributed by atoms with Crippen molar-refractivity contribution in [3.05, 3.63) is 0 Å². The number of nitrogens with one attached hydrogen (secondary N) is 1. The van der Waals surface area contributed by atoms with Crippen LogP contribution < -0.4 is 5.32 Å². The molecule has 0 aromatic carbocycles. The molecular weight excluding hydrogens is 230 g/mol. The highest BCUT2D eigenvalue weighted by molar-refractivity contribution is 5.77. The molecule has 1 atom stereocenters. The zero-order valence-electron chi connectivity index (χ0n) is 11.3. The molecule has 1 saturated carbocycles. The van der Waals surface area contributed by atoms with Gasteiger partial charge in [-0.25, -0.2) is 0 Å². The number of carboxylic acids is 1. The molecule has 0 aliphatic heterocycles. The predicted octanol–water partition coefficient (Wildman–Crippen LogP) is 2.57. The van der Waals surface area contributed by atoms with E-state index in [1.54, 1.807) is 6.92 Å². The summed E-state index contributed by atoms with van der Waals surface area (Å²) >= 11 is 0. The Bertz CT molecular complexity index is 272. The molecule has 0 heterocycles. The van der Waals surface area contributed by atoms with Gasteiger partial charge in [-0.2, -0.15) is 0 Å². The number of carboxylic acid groups (broad SMARTS) is 1. The lowest BCUT2D eigenvalue weighted by atomic mass is 9.86. The SMILES string of the molecule is CC(CNC(=O)CCCC1CCCCC1)C(=O)O. The molecule has 1 amide bonds. The van der Waals surface area contributed by atoms with Crippen molar-refractivity contribution in [2.24, 2.45) is 11.8 Å². The summed E-state index contributed by atoms with van der Waals surface area (Å²) < 4.78 is 0. The Morgan fingerprint density at radius 1 is 1.28 bits per heavy atom. The second-order valence-corrected chi connectivity index (χ2v) is 5.44. The lowest BCUT2D eigenvalue weighted by molar-refractivity contribution is -0.141. The van der Waals surface area contributed by atoms with Crippen molar-refractivity contribution < 1.29 is 14.7 Å². The van der Waals surface area contributed by atoms with Gasteiger partial charge in [0.25, 0.3) is 0 Å². The van der Waals surface area contributed by atoms with Crippen LogP contribution in [0.15, 0.2) is 0 Å². The molecule has 1 unspecified atom stereocenters. The normalized spacial score (nSPS) is 18.3. The summed E-state index contributed by atoms with van der Waals surface area (Å²) in [6.45, 7) is 1.84. The summed E-state index contributed by atoms with van der Waals surface area (Å²) in [6.07, 6.45) is 9.28. The number of hydrogen-bond acceptors (Lipinski definition) is 2. The first-order valence-corrected chi connectivity index (χ1v) is 7.09. The second-order valence-electron chi connectivity index (χ2n) is 5.44. The fourth-order valence-corrected chi connectivity index (χ4v) is 2.47. The van der Waals surface area contributed by atoms with Crippen molar-refractivity contribution in [3.63, 3.8) is 0 Å². The molecule has 0 bridgehead atoms. The molecule has 1 aliphatic carbocycles. The van der Waals surface area contributed by atoms with Gasteiger partial charge >= 0.3 is 5.97 Å². The van der Waals surface area contributed by atoms with Crippen LogP contribution in [0.25, 0.3) is 0 Å². The fourth-order valence-electron chi connectivity index (χ4n) is 2.47. The van der Waals surface area contributed by atoms with E-state index < -0.39 is 11.9 Å². The van der Waals surface area contributed by atoms with Crippen LogP contribution in [0.1, 0.15) is 58.3 Å². The molecular formula is C14H25NO3. The van der Waals surface area contributed by atoms with Gasteiger partial charge in [0.2, 0.25) is 5.91 Å². The van der Waals surface area contributed by atoms with Crippen molar-refractivity contribution in [1.29, 1.82) is 0 Å². The van der Waals surface area contributed by atoms with Gasteiger partial charge in [-0.15, -0.1) is 0 Å². The minimum Gasteiger partial charge on any atom is -0.481 e. The number of carbonyl (C=O) groups is 2. The van der Waals surface area contributed by atoms with Crippen LogP contribution in [0.4, 0.5) is 0 Å². The number of aliphatic carboxylic acids is 1. The minimum atomic E-state index is -0.863. The van der Waals surface area contributed by atoms with Gasteiger partial charge in [0.05, 0.1) is 5.92 Å². The van der Waals surface area contributed by atoms with Crippen LogP contribution in [-0.2, 0) is 9.59 Å². The van der Waals surface area contributed by atoms with Crippen LogP contribution in [0, 0.1) is 11.8 Å². The highest BCUT2D eigenvalue weighted by Gasteiger charge is 2.14. The van der Waals surface area contributed by atoms with Crippen molar-refractivity contribution in [2.45, 2.75) is 58.3 Å². The molecule has 4 nitrogen and oxygen atoms in total. The van der Waals surface area contributed by atoms with Gasteiger partial charge in [0, 0.05) is 13.0 Å². The first-order valence-electron chi connectivity index (χ1n) is 7.09. The molecule has 0 aromatic rings. The van der Waals surface area contributed by atoms with Gasteiger partial charge in [0.1, 0.15) is 0 Å². The molecule has 0 saturated heterocycles. The number of amides is 1. The van der Waals surface area contributed by atoms with Crippen molar-refractivity contribution in [1.82, 2.24) is 5.32 Å². The van der Waals surface area contributed by atoms with Gasteiger partial charge in [-0.1, -0.05) is 39.0 Å². The number of carbonyl (C=O) groups excluding carboxylic acids is 1. The zero-order valence-corrected chi connectivity index (χ0v) is 11.3. The molecule has 2 N–H and O–H groups in total. The molecule has 0 spiro atoms. The van der Waals surface area contributed by atoms with Gasteiger partial charge < -0.3 is 10.4 Å². The smallest absolute Gasteiger partial charge is 0.308 e. The van der Waals surface area contributed by atoms with E-state index in [9.17, 15) is 9.59 Å². The third kappa shape index (κ3) is 6.03. The Hall–Kier alpha value is -1.06. The molecule has 0 aromatic heterocycles. The number of rotatable bonds is 7. The summed E-state index contributed by atoms with van der Waals surface area (Å²) in [5.41, 5.74) is 0. The maximum Gasteiger partial charge on any atom is 0.308 e. The van der Waals surface area contributed by atoms with E-state index >= 15 is 0 Å². The maximum absolute atomic E-state index is 11.5. The van der Waals surface area contributed by atoms with Crippen LogP contribution >= 0.6 is 0 Å². The van der Waals surface area contributed by atoms with E-state index in [1.807, 2.05) is 0 Å². The molecule has 0 radical (unpaired) electrons. The lowest BCUT2D eigenvalue weighted by Crippen LogP contribution is -2.31. The molecule has 1 aliphatic rings. The largest absolute Gasteiger partial charge is 0.481 e. The van der Waals surface area contributed by atoms with E-state index in [4.69, 9.17) is 5.11 Å². The summed E-state index contributed by atoms with van der Waals surface area (Å²) in [4.78, 5) is 22.1. The van der Waals surface area contributed by atoms with E-state index in [2.05, 4.69) is 5.32 Å². The molecule has 1 rings (SSSR count). The average Bonchev–Trinajstić information content (AvgIpc) is 2.37. The Kier molecular flexibility index (Phi) is 6.76. The Balaban J connectivity index is 2.04. The van der Waals surface area contributed by atoms with Crippen molar-refractivity contribution in [2.75, 3.05) is 6.54 Å². The Morgan fingerprint density at radius 2 is 1.94 bits per heavy atom. The first kappa shape index (κ1) is 15.0. The van der Waals surface area contributed by atoms with Gasteiger partial charge in [0.15, 0.2) is 0 Å². The van der Waals surface area contributed by atoms with Crippen molar-refractivity contribution in [3.8, 4) is 0 Å². The Morgan fingerprint density at radius 3 is 2.56 bits per heavy atom. The molecule has 1 fully saturated rings. The zero-order chi connectivity index (χ0) is 13.4. The fraction of sp³-hybridized carbons (Fsp3) is 0.857. The average molecular weight is 255 g/mol. The minimum absolute atomic E-state index is 0.0149. The highest BCUT2D eigenvalue weighted by Crippen LogP contribution is 2.27. The third-order valence-electron chi connectivity index (χ3n) is 3.77. The van der Waals surface area contributed by atoms with E-state index in [1.165, 1.54) is 32.1 Å². The van der Waals surface area contributed by atoms with Crippen LogP contribution in [-0.4, -0.2) is 23.5 Å². The quantitative estimate of drug-likeness (QED) is 0.734. The first-order chi connectivity index (χ1) is 8.59. The van der Waals surface area contributed by atoms with E-state index in [0.29, 0.717) is 6.42 Å².